The number of aliphatic carboxylic acids is 1. The number of phenols is 1. The third-order valence-electron chi connectivity index (χ3n) is 15.5. The minimum Gasteiger partial charge on any atom is -0.508 e. The second-order valence-corrected chi connectivity index (χ2v) is 23.1. The van der Waals surface area contributed by atoms with Gasteiger partial charge in [-0.05, 0) is 87.5 Å². The first-order valence-corrected chi connectivity index (χ1v) is 31.1. The number of aliphatic hydroxyl groups is 2. The molecule has 2 heterocycles. The molecule has 2 aromatic rings. The number of nitrogens with two attached hydrogens (primary N) is 3. The lowest BCUT2D eigenvalue weighted by molar-refractivity contribution is -0.149. The molecule has 0 bridgehead atoms. The topological polar surface area (TPSA) is 502 Å². The first kappa shape index (κ1) is 75.2. The standard InChI is InChI=1S/C58H87N15O16S2/c1-4-30(2)45(56(87)73-24-10-15-43(73)55(86)72-23-9-14-42(72)53(84)64-36(20-21-44(60)77)48(79)69-40(28-90)51(82)65-37(57(88)89)13-8-22-63-58(61)62)70-50(81)39(27-74)67-49(80)38(26-33-16-18-34(76)19-17-33)66-54(85)46(31(3)75)71-52(83)41(29-91)68-47(78)35(59)25-32-11-6-5-7-12-32/h5-7,11-12,16-19,30-31,35-43,45-46,74-76,90-91H,4,8-10,13-15,20-29,59H2,1-3H3,(H2,60,77)(H,64,84)(H,65,82)(H,66,85)(H,67,80)(H,68,78)(H,69,79)(H,70,81)(H,71,83)(H,88,89)(H4,61,62,63)/t30-,31+,35-,36-,37-,38-,39-,40-,41-,42-,43-,45-,46-/m0/s1. The molecule has 11 amide bonds. The predicted molar refractivity (Wildman–Crippen MR) is 336 cm³/mol. The van der Waals surface area contributed by atoms with Crippen molar-refractivity contribution in [1.29, 1.82) is 5.41 Å². The Hall–Kier alpha value is -8.27. The number of carbonyl (C=O) groups excluding carboxylic acids is 11. The third kappa shape index (κ3) is 23.2. The van der Waals surface area contributed by atoms with Crippen molar-refractivity contribution in [2.75, 3.05) is 37.7 Å². The third-order valence-corrected chi connectivity index (χ3v) is 16.2. The SMILES string of the molecule is CC[C@H](C)[C@H](NC(=O)[C@H](CO)NC(=O)[C@H](Cc1ccc(O)cc1)NC(=O)[C@@H](NC(=O)[C@H](CS)NC(=O)[C@@H](N)Cc1ccccc1)[C@@H](C)O)C(=O)N1CCC[C@H]1C(=O)N1CCC[C@H]1C(=O)N[C@@H](CCC(N)=O)C(=O)N[C@@H](CS)C(=O)N[C@@H](CCCNC(=N)N)C(=O)O. The van der Waals surface area contributed by atoms with Gasteiger partial charge in [0.25, 0.3) is 0 Å². The number of carbonyl (C=O) groups is 12. The fraction of sp³-hybridized carbons (Fsp3) is 0.569. The van der Waals surface area contributed by atoms with Gasteiger partial charge in [-0.3, -0.25) is 58.1 Å². The molecule has 0 saturated carbocycles. The molecule has 20 N–H and O–H groups in total. The number of likely N-dealkylation sites (tertiary alicyclic amines) is 2. The summed E-state index contributed by atoms with van der Waals surface area (Å²) >= 11 is 8.35. The number of nitrogens with one attached hydrogen (secondary N) is 10. The highest BCUT2D eigenvalue weighted by Gasteiger charge is 2.45. The fourth-order valence-electron chi connectivity index (χ4n) is 10.1. The molecule has 0 aliphatic carbocycles. The van der Waals surface area contributed by atoms with E-state index in [2.05, 4.69) is 73.1 Å². The average Bonchev–Trinajstić information content (AvgIpc) is 1.86. The van der Waals surface area contributed by atoms with Crippen LogP contribution in [-0.4, -0.2) is 217 Å². The van der Waals surface area contributed by atoms with E-state index in [9.17, 15) is 78.0 Å². The van der Waals surface area contributed by atoms with E-state index in [1.54, 1.807) is 44.2 Å². The van der Waals surface area contributed by atoms with Crippen molar-refractivity contribution >= 4 is 102 Å². The van der Waals surface area contributed by atoms with Crippen LogP contribution in [0.25, 0.3) is 0 Å². The van der Waals surface area contributed by atoms with Crippen LogP contribution in [0.1, 0.15) is 89.7 Å². The van der Waals surface area contributed by atoms with Crippen LogP contribution in [0.4, 0.5) is 0 Å². The maximum atomic E-state index is 14.7. The van der Waals surface area contributed by atoms with E-state index in [1.807, 2.05) is 0 Å². The van der Waals surface area contributed by atoms with Crippen molar-refractivity contribution in [3.05, 3.63) is 65.7 Å². The predicted octanol–water partition coefficient (Wildman–Crippen LogP) is -4.74. The lowest BCUT2D eigenvalue weighted by Crippen LogP contribution is -2.63. The highest BCUT2D eigenvalue weighted by atomic mass is 32.1. The zero-order valence-corrected chi connectivity index (χ0v) is 52.7. The smallest absolute Gasteiger partial charge is 0.326 e. The van der Waals surface area contributed by atoms with Gasteiger partial charge in [-0.15, -0.1) is 0 Å². The number of thiol groups is 2. The molecule has 2 saturated heterocycles. The number of nitrogens with zero attached hydrogens (tertiary/aromatic N) is 2. The van der Waals surface area contributed by atoms with E-state index in [-0.39, 0.29) is 87.8 Å². The van der Waals surface area contributed by atoms with Gasteiger partial charge in [-0.1, -0.05) is 62.7 Å². The summed E-state index contributed by atoms with van der Waals surface area (Å²) in [6.07, 6.45) is -1.21. The van der Waals surface area contributed by atoms with Gasteiger partial charge in [0.1, 0.15) is 66.2 Å². The molecule has 2 aliphatic rings. The Kier molecular flexibility index (Phi) is 30.7. The summed E-state index contributed by atoms with van der Waals surface area (Å²) in [5, 5.41) is 70.6. The fourth-order valence-corrected chi connectivity index (χ4v) is 10.7. The molecule has 91 heavy (non-hydrogen) atoms. The number of hydrogen-bond donors (Lipinski definition) is 19. The van der Waals surface area contributed by atoms with Crippen LogP contribution < -0.4 is 65.1 Å². The molecule has 2 fully saturated rings. The summed E-state index contributed by atoms with van der Waals surface area (Å²) in [4.78, 5) is 166. The summed E-state index contributed by atoms with van der Waals surface area (Å²) in [7, 11) is 0. The summed E-state index contributed by atoms with van der Waals surface area (Å²) in [6, 6.07) is -1.21. The average molecular weight is 1310 g/mol. The van der Waals surface area contributed by atoms with Crippen LogP contribution >= 0.6 is 25.3 Å². The highest BCUT2D eigenvalue weighted by Crippen LogP contribution is 2.27. The van der Waals surface area contributed by atoms with Gasteiger partial charge in [0.05, 0.1) is 18.8 Å². The monoisotopic (exact) mass is 1310 g/mol. The zero-order valence-electron chi connectivity index (χ0n) is 50.9. The van der Waals surface area contributed by atoms with Crippen molar-refractivity contribution in [2.45, 2.75) is 164 Å². The Morgan fingerprint density at radius 2 is 1.14 bits per heavy atom. The van der Waals surface area contributed by atoms with Gasteiger partial charge in [0, 0.05) is 44.0 Å². The highest BCUT2D eigenvalue weighted by molar-refractivity contribution is 7.80. The Bertz CT molecular complexity index is 2880. The number of amides is 11. The number of carboxylic acid groups (broad SMARTS) is 1. The van der Waals surface area contributed by atoms with Crippen molar-refractivity contribution in [1.82, 2.24) is 57.7 Å². The Morgan fingerprint density at radius 1 is 0.626 bits per heavy atom. The van der Waals surface area contributed by atoms with Crippen molar-refractivity contribution in [2.24, 2.45) is 23.1 Å². The molecule has 31 nitrogen and oxygen atoms in total. The number of hydrogen-bond acceptors (Lipinski definition) is 19. The maximum absolute atomic E-state index is 14.7. The number of aliphatic hydroxyl groups excluding tert-OH is 2. The summed E-state index contributed by atoms with van der Waals surface area (Å²) in [5.41, 5.74) is 17.9. The minimum atomic E-state index is -1.77. The molecule has 0 spiro atoms. The minimum absolute atomic E-state index is 0.0435. The molecule has 4 rings (SSSR count). The first-order valence-electron chi connectivity index (χ1n) is 29.9. The number of guanidine groups is 1. The van der Waals surface area contributed by atoms with Gasteiger partial charge in [0.15, 0.2) is 5.96 Å². The number of primary amides is 1. The number of aromatic hydroxyl groups is 1. The summed E-state index contributed by atoms with van der Waals surface area (Å²) in [6.45, 7) is 3.77. The molecular weight excluding hydrogens is 1230 g/mol. The van der Waals surface area contributed by atoms with Crippen LogP contribution in [0.15, 0.2) is 54.6 Å². The van der Waals surface area contributed by atoms with Crippen molar-refractivity contribution in [3.8, 4) is 5.75 Å². The van der Waals surface area contributed by atoms with Gasteiger partial charge >= 0.3 is 5.97 Å². The van der Waals surface area contributed by atoms with Gasteiger partial charge in [-0.25, -0.2) is 4.79 Å². The lowest BCUT2D eigenvalue weighted by atomic mass is 9.96. The Morgan fingerprint density at radius 3 is 1.71 bits per heavy atom. The number of carboxylic acids is 1. The maximum Gasteiger partial charge on any atom is 0.326 e. The van der Waals surface area contributed by atoms with Crippen molar-refractivity contribution in [3.63, 3.8) is 0 Å². The van der Waals surface area contributed by atoms with Crippen LogP contribution in [0.3, 0.4) is 0 Å². The van der Waals surface area contributed by atoms with E-state index in [4.69, 9.17) is 22.6 Å². The summed E-state index contributed by atoms with van der Waals surface area (Å²) < 4.78 is 0. The number of benzene rings is 2. The molecule has 0 unspecified atom stereocenters. The van der Waals surface area contributed by atoms with Gasteiger partial charge in [-0.2, -0.15) is 25.3 Å². The first-order chi connectivity index (χ1) is 43.1. The number of phenolic OH excluding ortho intramolecular Hbond substituents is 1. The van der Waals surface area contributed by atoms with E-state index in [0.29, 0.717) is 24.8 Å². The quantitative estimate of drug-likeness (QED) is 0.0132. The molecule has 2 aliphatic heterocycles. The largest absolute Gasteiger partial charge is 0.508 e. The van der Waals surface area contributed by atoms with E-state index < -0.39 is 162 Å². The van der Waals surface area contributed by atoms with Crippen LogP contribution in [-0.2, 0) is 70.4 Å². The molecule has 2 aromatic carbocycles. The van der Waals surface area contributed by atoms with Crippen LogP contribution in [0, 0.1) is 11.3 Å². The Labute approximate surface area is 537 Å². The second kappa shape index (κ2) is 37.2. The van der Waals surface area contributed by atoms with E-state index in [1.165, 1.54) is 41.0 Å². The van der Waals surface area contributed by atoms with Crippen molar-refractivity contribution < 1.29 is 78.0 Å². The lowest BCUT2D eigenvalue weighted by Gasteiger charge is -2.35. The van der Waals surface area contributed by atoms with E-state index in [0.717, 1.165) is 5.56 Å². The van der Waals surface area contributed by atoms with E-state index >= 15 is 0 Å². The zero-order chi connectivity index (χ0) is 67.6. The Balaban J connectivity index is 1.48. The number of rotatable bonds is 36. The van der Waals surface area contributed by atoms with Crippen LogP contribution in [0.2, 0.25) is 0 Å². The molecule has 0 aromatic heterocycles. The normalized spacial score (nSPS) is 18.1. The van der Waals surface area contributed by atoms with Crippen LogP contribution in [0.5, 0.6) is 5.75 Å². The molecule has 0 radical (unpaired) electrons. The summed E-state index contributed by atoms with van der Waals surface area (Å²) in [5.74, 6) is -12.7. The molecule has 502 valence electrons. The molecule has 33 heteroatoms. The van der Waals surface area contributed by atoms with Gasteiger partial charge < -0.3 is 95.3 Å². The molecule has 13 atom stereocenters. The second-order valence-electron chi connectivity index (χ2n) is 22.4. The molecular formula is C58H87N15O16S2. The van der Waals surface area contributed by atoms with Gasteiger partial charge in [0.2, 0.25) is 65.0 Å².